The van der Waals surface area contributed by atoms with Crippen molar-refractivity contribution in [2.24, 2.45) is 0 Å². The van der Waals surface area contributed by atoms with Crippen LogP contribution in [-0.2, 0) is 6.42 Å². The van der Waals surface area contributed by atoms with Crippen molar-refractivity contribution in [1.29, 1.82) is 0 Å². The van der Waals surface area contributed by atoms with E-state index < -0.39 is 11.6 Å². The second-order valence-electron chi connectivity index (χ2n) is 3.65. The van der Waals surface area contributed by atoms with Gasteiger partial charge in [0.25, 0.3) is 0 Å². The lowest BCUT2D eigenvalue weighted by Gasteiger charge is -2.05. The molecule has 1 aromatic carbocycles. The Labute approximate surface area is 137 Å². The summed E-state index contributed by atoms with van der Waals surface area (Å²) in [6.07, 6.45) is -0.309. The van der Waals surface area contributed by atoms with Crippen LogP contribution >= 0.6 is 59.1 Å². The molecule has 100 valence electrons. The molecule has 0 amide bonds. The highest BCUT2D eigenvalue weighted by atomic mass is 79.9. The minimum absolute atomic E-state index is 0.144. The van der Waals surface area contributed by atoms with E-state index >= 15 is 0 Å². The van der Waals surface area contributed by atoms with Gasteiger partial charge in [0, 0.05) is 16.5 Å². The summed E-state index contributed by atoms with van der Waals surface area (Å²) in [6.45, 7) is 0. The molecule has 0 aliphatic rings. The van der Waals surface area contributed by atoms with Crippen LogP contribution in [0.3, 0.4) is 0 Å². The molecule has 2 aromatic rings. The Hall–Kier alpha value is -0.110. The second-order valence-corrected chi connectivity index (χ2v) is 7.73. The number of carbonyl (C=O) groups excluding carboxylic acids is 1. The van der Waals surface area contributed by atoms with Gasteiger partial charge in [-0.25, -0.2) is 8.78 Å². The van der Waals surface area contributed by atoms with Crippen LogP contribution in [0.1, 0.15) is 15.2 Å². The Bertz CT molecular complexity index is 635. The molecule has 0 atom stereocenters. The third-order valence-electron chi connectivity index (χ3n) is 2.40. The van der Waals surface area contributed by atoms with Gasteiger partial charge in [0.05, 0.1) is 13.1 Å². The fourth-order valence-electron chi connectivity index (χ4n) is 1.46. The van der Waals surface area contributed by atoms with Crippen LogP contribution in [0.25, 0.3) is 0 Å². The Balaban J connectivity index is 2.31. The predicted molar refractivity (Wildman–Crippen MR) is 81.8 cm³/mol. The molecule has 0 saturated carbocycles. The van der Waals surface area contributed by atoms with E-state index in [4.69, 9.17) is 0 Å². The van der Waals surface area contributed by atoms with Gasteiger partial charge >= 0.3 is 0 Å². The highest BCUT2D eigenvalue weighted by Crippen LogP contribution is 2.33. The van der Waals surface area contributed by atoms with E-state index in [1.165, 1.54) is 17.4 Å². The highest BCUT2D eigenvalue weighted by molar-refractivity contribution is 9.13. The maximum Gasteiger partial charge on any atom is 0.177 e. The van der Waals surface area contributed by atoms with Crippen molar-refractivity contribution < 1.29 is 13.6 Å². The van der Waals surface area contributed by atoms with Crippen LogP contribution in [0.15, 0.2) is 30.9 Å². The Morgan fingerprint density at radius 2 is 1.84 bits per heavy atom. The zero-order valence-electron chi connectivity index (χ0n) is 9.15. The smallest absolute Gasteiger partial charge is 0.177 e. The van der Waals surface area contributed by atoms with E-state index in [2.05, 4.69) is 47.8 Å². The summed E-state index contributed by atoms with van der Waals surface area (Å²) in [6, 6.07) is 4.04. The first-order valence-electron chi connectivity index (χ1n) is 5.00. The van der Waals surface area contributed by atoms with E-state index in [1.807, 2.05) is 0 Å². The molecule has 0 bridgehead atoms. The molecule has 0 aliphatic carbocycles. The fourth-order valence-corrected chi connectivity index (χ4v) is 3.81. The van der Waals surface area contributed by atoms with Crippen molar-refractivity contribution in [2.45, 2.75) is 6.42 Å². The van der Waals surface area contributed by atoms with Gasteiger partial charge in [-0.15, -0.1) is 11.3 Å². The standard InChI is InChI=1S/C12H5Br3F2OS/c13-6-1-2-8(16)5(11(6)17)3-9(18)10-4-7(14)12(15)19-10/h1-2,4H,3H2. The Morgan fingerprint density at radius 3 is 2.42 bits per heavy atom. The van der Waals surface area contributed by atoms with Gasteiger partial charge in [0.2, 0.25) is 0 Å². The molecule has 0 saturated heterocycles. The molecule has 0 radical (unpaired) electrons. The summed E-state index contributed by atoms with van der Waals surface area (Å²) in [7, 11) is 0. The largest absolute Gasteiger partial charge is 0.293 e. The zero-order chi connectivity index (χ0) is 14.2. The minimum atomic E-state index is -0.733. The first-order valence-corrected chi connectivity index (χ1v) is 8.20. The molecule has 0 fully saturated rings. The molecule has 1 nitrogen and oxygen atoms in total. The lowest BCUT2D eigenvalue weighted by atomic mass is 10.1. The number of benzene rings is 1. The fraction of sp³-hybridized carbons (Fsp3) is 0.0833. The molecule has 2 rings (SSSR count). The molecule has 7 heteroatoms. The van der Waals surface area contributed by atoms with Gasteiger partial charge in [0.1, 0.15) is 11.6 Å². The average Bonchev–Trinajstić information content (AvgIpc) is 2.70. The van der Waals surface area contributed by atoms with Gasteiger partial charge in [-0.1, -0.05) is 0 Å². The Morgan fingerprint density at radius 1 is 1.16 bits per heavy atom. The number of Topliss-reactive ketones (excluding diaryl/α,β-unsaturated/α-hetero) is 1. The average molecular weight is 475 g/mol. The van der Waals surface area contributed by atoms with Crippen LogP contribution in [0.5, 0.6) is 0 Å². The van der Waals surface area contributed by atoms with Crippen molar-refractivity contribution >= 4 is 64.9 Å². The van der Waals surface area contributed by atoms with Crippen molar-refractivity contribution in [3.8, 4) is 0 Å². The van der Waals surface area contributed by atoms with E-state index in [1.54, 1.807) is 6.07 Å². The van der Waals surface area contributed by atoms with Crippen LogP contribution in [0.2, 0.25) is 0 Å². The number of ketones is 1. The van der Waals surface area contributed by atoms with Gasteiger partial charge in [-0.05, 0) is 66.0 Å². The minimum Gasteiger partial charge on any atom is -0.293 e. The third kappa shape index (κ3) is 3.32. The zero-order valence-corrected chi connectivity index (χ0v) is 14.7. The summed E-state index contributed by atoms with van der Waals surface area (Å²) in [5, 5.41) is 0. The van der Waals surface area contributed by atoms with E-state index in [9.17, 15) is 13.6 Å². The van der Waals surface area contributed by atoms with Crippen molar-refractivity contribution in [3.63, 3.8) is 0 Å². The number of hydrogen-bond donors (Lipinski definition) is 0. The van der Waals surface area contributed by atoms with Crippen LogP contribution in [-0.4, -0.2) is 5.78 Å². The topological polar surface area (TPSA) is 17.1 Å². The monoisotopic (exact) mass is 472 g/mol. The van der Waals surface area contributed by atoms with Crippen LogP contribution in [0, 0.1) is 11.6 Å². The molecule has 0 unspecified atom stereocenters. The van der Waals surface area contributed by atoms with Gasteiger partial charge < -0.3 is 0 Å². The number of hydrogen-bond acceptors (Lipinski definition) is 2. The van der Waals surface area contributed by atoms with E-state index in [0.717, 1.165) is 14.3 Å². The van der Waals surface area contributed by atoms with Crippen molar-refractivity contribution in [3.05, 3.63) is 53.0 Å². The summed E-state index contributed by atoms with van der Waals surface area (Å²) >= 11 is 10.7. The predicted octanol–water partition coefficient (Wildman–Crippen LogP) is 5.74. The Kier molecular flexibility index (Phi) is 4.92. The van der Waals surface area contributed by atoms with Gasteiger partial charge in [-0.2, -0.15) is 0 Å². The summed E-state index contributed by atoms with van der Waals surface area (Å²) in [5.74, 6) is -1.78. The summed E-state index contributed by atoms with van der Waals surface area (Å²) < 4.78 is 29.0. The normalized spacial score (nSPS) is 10.8. The number of rotatable bonds is 3. The maximum atomic E-state index is 13.8. The number of carbonyl (C=O) groups is 1. The van der Waals surface area contributed by atoms with Crippen molar-refractivity contribution in [2.75, 3.05) is 0 Å². The second kappa shape index (κ2) is 6.11. The molecular weight excluding hydrogens is 470 g/mol. The molecule has 1 heterocycles. The molecule has 19 heavy (non-hydrogen) atoms. The first kappa shape index (κ1) is 15.3. The molecular formula is C12H5Br3F2OS. The third-order valence-corrected chi connectivity index (χ3v) is 6.31. The maximum absolute atomic E-state index is 13.8. The summed E-state index contributed by atoms with van der Waals surface area (Å²) in [4.78, 5) is 12.5. The van der Waals surface area contributed by atoms with E-state index in [0.29, 0.717) is 4.88 Å². The lowest BCUT2D eigenvalue weighted by Crippen LogP contribution is -2.06. The van der Waals surface area contributed by atoms with Crippen molar-refractivity contribution in [1.82, 2.24) is 0 Å². The molecule has 0 aliphatic heterocycles. The number of halogens is 5. The highest BCUT2D eigenvalue weighted by Gasteiger charge is 2.19. The number of thiophene rings is 1. The molecule has 0 N–H and O–H groups in total. The first-order chi connectivity index (χ1) is 8.90. The van der Waals surface area contributed by atoms with Gasteiger partial charge in [-0.3, -0.25) is 4.79 Å². The van der Waals surface area contributed by atoms with Crippen LogP contribution < -0.4 is 0 Å². The SMILES string of the molecule is O=C(Cc1c(F)ccc(Br)c1F)c1cc(Br)c(Br)s1. The molecule has 0 spiro atoms. The summed E-state index contributed by atoms with van der Waals surface area (Å²) in [5.41, 5.74) is -0.222. The van der Waals surface area contributed by atoms with E-state index in [-0.39, 0.29) is 22.2 Å². The van der Waals surface area contributed by atoms with Gasteiger partial charge in [0.15, 0.2) is 5.78 Å². The van der Waals surface area contributed by atoms with Crippen LogP contribution in [0.4, 0.5) is 8.78 Å². The quantitative estimate of drug-likeness (QED) is 0.409. The molecule has 1 aromatic heterocycles. The lowest BCUT2D eigenvalue weighted by molar-refractivity contribution is 0.0994.